The van der Waals surface area contributed by atoms with Crippen LogP contribution in [0.15, 0.2) is 47.4 Å². The Kier molecular flexibility index (Phi) is 4.03. The van der Waals surface area contributed by atoms with E-state index < -0.39 is 23.7 Å². The molecule has 4 amide bonds. The van der Waals surface area contributed by atoms with E-state index >= 15 is 0 Å². The summed E-state index contributed by atoms with van der Waals surface area (Å²) in [6.07, 6.45) is 1.45. The first-order chi connectivity index (χ1) is 11.0. The molecule has 1 aliphatic heterocycles. The lowest BCUT2D eigenvalue weighted by atomic mass is 10.1. The number of nitrogens with zero attached hydrogens (tertiary/aromatic N) is 1. The molecule has 5 nitrogen and oxygen atoms in total. The van der Waals surface area contributed by atoms with E-state index in [1.807, 2.05) is 5.38 Å². The van der Waals surface area contributed by atoms with E-state index in [0.29, 0.717) is 5.56 Å². The molecule has 1 fully saturated rings. The molecule has 0 atom stereocenters. The van der Waals surface area contributed by atoms with Crippen molar-refractivity contribution < 1.29 is 18.8 Å². The van der Waals surface area contributed by atoms with Crippen molar-refractivity contribution in [1.29, 1.82) is 0 Å². The highest BCUT2D eigenvalue weighted by Gasteiger charge is 2.35. The number of imide groups is 2. The summed E-state index contributed by atoms with van der Waals surface area (Å²) in [4.78, 5) is 37.9. The highest BCUT2D eigenvalue weighted by Crippen LogP contribution is 2.19. The standard InChI is InChI=1S/C16H11FN2O3S/c17-11-5-3-10(4-6-11)9-19-15(21)13(14(20)18-16(19)22)8-12-2-1-7-23-12/h1-8H,9H2,(H,18,20,22)/b13-8+. The van der Waals surface area contributed by atoms with Crippen LogP contribution in [0.4, 0.5) is 9.18 Å². The van der Waals surface area contributed by atoms with Crippen molar-refractivity contribution >= 4 is 35.3 Å². The molecule has 1 aromatic heterocycles. The van der Waals surface area contributed by atoms with Crippen molar-refractivity contribution in [3.05, 3.63) is 63.6 Å². The third-order valence-corrected chi connectivity index (χ3v) is 4.09. The Morgan fingerprint density at radius 3 is 2.52 bits per heavy atom. The Hall–Kier alpha value is -2.80. The molecule has 1 aliphatic rings. The van der Waals surface area contributed by atoms with Gasteiger partial charge in [0, 0.05) is 4.88 Å². The fourth-order valence-corrected chi connectivity index (χ4v) is 2.78. The summed E-state index contributed by atoms with van der Waals surface area (Å²) in [6, 6.07) is 8.23. The minimum absolute atomic E-state index is 0.0417. The summed E-state index contributed by atoms with van der Waals surface area (Å²) in [7, 11) is 0. The SMILES string of the molecule is O=C1NC(=O)N(Cc2ccc(F)cc2)C(=O)/C1=C/c1cccs1. The summed E-state index contributed by atoms with van der Waals surface area (Å²) < 4.78 is 12.9. The molecule has 1 aromatic carbocycles. The van der Waals surface area contributed by atoms with Crippen molar-refractivity contribution in [2.75, 3.05) is 0 Å². The fraction of sp³-hybridized carbons (Fsp3) is 0.0625. The first-order valence-electron chi connectivity index (χ1n) is 6.71. The lowest BCUT2D eigenvalue weighted by molar-refractivity contribution is -0.130. The predicted octanol–water partition coefficient (Wildman–Crippen LogP) is 2.55. The number of carbonyl (C=O) groups excluding carboxylic acids is 3. The van der Waals surface area contributed by atoms with E-state index in [1.54, 1.807) is 12.1 Å². The number of hydrogen-bond donors (Lipinski definition) is 1. The van der Waals surface area contributed by atoms with Gasteiger partial charge >= 0.3 is 6.03 Å². The molecule has 1 saturated heterocycles. The zero-order chi connectivity index (χ0) is 16.4. The Balaban J connectivity index is 1.88. The molecule has 0 spiro atoms. The number of benzene rings is 1. The Bertz CT molecular complexity index is 797. The highest BCUT2D eigenvalue weighted by molar-refractivity contribution is 7.10. The number of amides is 4. The van der Waals surface area contributed by atoms with Gasteiger partial charge in [0.2, 0.25) is 0 Å². The minimum atomic E-state index is -0.785. The fourth-order valence-electron chi connectivity index (χ4n) is 2.13. The summed E-state index contributed by atoms with van der Waals surface area (Å²) >= 11 is 1.37. The molecule has 0 bridgehead atoms. The van der Waals surface area contributed by atoms with E-state index in [1.165, 1.54) is 41.7 Å². The van der Waals surface area contributed by atoms with Gasteiger partial charge in [-0.1, -0.05) is 18.2 Å². The van der Waals surface area contributed by atoms with Crippen LogP contribution in [0.1, 0.15) is 10.4 Å². The molecule has 1 N–H and O–H groups in total. The maximum absolute atomic E-state index is 12.9. The normalized spacial score (nSPS) is 16.8. The summed E-state index contributed by atoms with van der Waals surface area (Å²) in [6.45, 7) is -0.0417. The van der Waals surface area contributed by atoms with Crippen LogP contribution in [0, 0.1) is 5.82 Å². The number of barbiturate groups is 1. The first kappa shape index (κ1) is 15.1. The topological polar surface area (TPSA) is 66.5 Å². The molecule has 0 unspecified atom stereocenters. The second kappa shape index (κ2) is 6.13. The largest absolute Gasteiger partial charge is 0.331 e. The van der Waals surface area contributed by atoms with Gasteiger partial charge in [-0.15, -0.1) is 11.3 Å². The molecular formula is C16H11FN2O3S. The number of urea groups is 1. The van der Waals surface area contributed by atoms with Gasteiger partial charge in [0.05, 0.1) is 6.54 Å². The van der Waals surface area contributed by atoms with Crippen LogP contribution in [0.5, 0.6) is 0 Å². The maximum Gasteiger partial charge on any atom is 0.331 e. The molecule has 0 radical (unpaired) electrons. The van der Waals surface area contributed by atoms with Crippen molar-refractivity contribution in [2.45, 2.75) is 6.54 Å². The molecule has 2 aromatic rings. The third kappa shape index (κ3) is 3.19. The van der Waals surface area contributed by atoms with Crippen molar-refractivity contribution in [1.82, 2.24) is 10.2 Å². The van der Waals surface area contributed by atoms with Gasteiger partial charge in [0.15, 0.2) is 0 Å². The van der Waals surface area contributed by atoms with Gasteiger partial charge < -0.3 is 0 Å². The van der Waals surface area contributed by atoms with Gasteiger partial charge in [-0.3, -0.25) is 19.8 Å². The van der Waals surface area contributed by atoms with Crippen LogP contribution in [-0.2, 0) is 16.1 Å². The van der Waals surface area contributed by atoms with Gasteiger partial charge in [-0.2, -0.15) is 0 Å². The van der Waals surface area contributed by atoms with Gasteiger partial charge in [0.25, 0.3) is 11.8 Å². The van der Waals surface area contributed by atoms with Crippen LogP contribution in [0.3, 0.4) is 0 Å². The van der Waals surface area contributed by atoms with E-state index in [2.05, 4.69) is 5.32 Å². The molecule has 0 saturated carbocycles. The van der Waals surface area contributed by atoms with Crippen LogP contribution >= 0.6 is 11.3 Å². The maximum atomic E-state index is 12.9. The van der Waals surface area contributed by atoms with Crippen LogP contribution in [-0.4, -0.2) is 22.7 Å². The molecule has 116 valence electrons. The number of carbonyl (C=O) groups is 3. The van der Waals surface area contributed by atoms with Crippen LogP contribution in [0.25, 0.3) is 6.08 Å². The van der Waals surface area contributed by atoms with E-state index in [-0.39, 0.29) is 12.1 Å². The average Bonchev–Trinajstić information content (AvgIpc) is 3.03. The number of rotatable bonds is 3. The van der Waals surface area contributed by atoms with E-state index in [0.717, 1.165) is 9.78 Å². The minimum Gasteiger partial charge on any atom is -0.273 e. The molecular weight excluding hydrogens is 319 g/mol. The lowest BCUT2D eigenvalue weighted by Gasteiger charge is -2.26. The Morgan fingerprint density at radius 2 is 1.87 bits per heavy atom. The average molecular weight is 330 g/mol. The van der Waals surface area contributed by atoms with Crippen molar-refractivity contribution in [3.8, 4) is 0 Å². The number of thiophene rings is 1. The van der Waals surface area contributed by atoms with Crippen LogP contribution < -0.4 is 5.32 Å². The molecule has 2 heterocycles. The number of hydrogen-bond acceptors (Lipinski definition) is 4. The predicted molar refractivity (Wildman–Crippen MR) is 82.8 cm³/mol. The van der Waals surface area contributed by atoms with E-state index in [9.17, 15) is 18.8 Å². The second-order valence-corrected chi connectivity index (χ2v) is 5.83. The summed E-state index contributed by atoms with van der Waals surface area (Å²) in [5.74, 6) is -1.79. The Labute approximate surface area is 135 Å². The lowest BCUT2D eigenvalue weighted by Crippen LogP contribution is -2.53. The van der Waals surface area contributed by atoms with Crippen LogP contribution in [0.2, 0.25) is 0 Å². The second-order valence-electron chi connectivity index (χ2n) is 4.85. The zero-order valence-corrected chi connectivity index (χ0v) is 12.6. The van der Waals surface area contributed by atoms with Gasteiger partial charge in [-0.05, 0) is 35.2 Å². The third-order valence-electron chi connectivity index (χ3n) is 3.27. The molecule has 0 aliphatic carbocycles. The molecule has 7 heteroatoms. The monoisotopic (exact) mass is 330 g/mol. The van der Waals surface area contributed by atoms with Crippen molar-refractivity contribution in [2.24, 2.45) is 0 Å². The zero-order valence-electron chi connectivity index (χ0n) is 11.8. The number of halogens is 1. The van der Waals surface area contributed by atoms with Crippen molar-refractivity contribution in [3.63, 3.8) is 0 Å². The Morgan fingerprint density at radius 1 is 1.13 bits per heavy atom. The summed E-state index contributed by atoms with van der Waals surface area (Å²) in [5, 5.41) is 3.96. The van der Waals surface area contributed by atoms with Gasteiger partial charge in [0.1, 0.15) is 11.4 Å². The first-order valence-corrected chi connectivity index (χ1v) is 7.59. The van der Waals surface area contributed by atoms with Gasteiger partial charge in [-0.25, -0.2) is 9.18 Å². The van der Waals surface area contributed by atoms with E-state index in [4.69, 9.17) is 0 Å². The number of nitrogens with one attached hydrogen (secondary N) is 1. The molecule has 3 rings (SSSR count). The quantitative estimate of drug-likeness (QED) is 0.695. The molecule has 23 heavy (non-hydrogen) atoms. The smallest absolute Gasteiger partial charge is 0.273 e. The highest BCUT2D eigenvalue weighted by atomic mass is 32.1. The summed E-state index contributed by atoms with van der Waals surface area (Å²) in [5.41, 5.74) is 0.480.